The SMILES string of the molecule is CCOCC1CCN(c2ccc(C#N)c(C(F)(F)F)c2)C1. The molecule has 1 heterocycles. The molecule has 3 nitrogen and oxygen atoms in total. The van der Waals surface area contributed by atoms with E-state index in [9.17, 15) is 13.2 Å². The molecule has 1 aromatic rings. The highest BCUT2D eigenvalue weighted by Crippen LogP contribution is 2.35. The summed E-state index contributed by atoms with van der Waals surface area (Å²) in [7, 11) is 0. The minimum absolute atomic E-state index is 0.337. The van der Waals surface area contributed by atoms with E-state index in [0.29, 0.717) is 37.9 Å². The summed E-state index contributed by atoms with van der Waals surface area (Å²) >= 11 is 0. The summed E-state index contributed by atoms with van der Waals surface area (Å²) in [6, 6.07) is 5.49. The molecular weight excluding hydrogens is 281 g/mol. The second kappa shape index (κ2) is 6.35. The van der Waals surface area contributed by atoms with Crippen molar-refractivity contribution in [1.29, 1.82) is 5.26 Å². The van der Waals surface area contributed by atoms with Gasteiger partial charge < -0.3 is 9.64 Å². The second-order valence-electron chi connectivity index (χ2n) is 5.10. The summed E-state index contributed by atoms with van der Waals surface area (Å²) in [5.74, 6) is 0.343. The van der Waals surface area contributed by atoms with Crippen molar-refractivity contribution in [2.45, 2.75) is 19.5 Å². The van der Waals surface area contributed by atoms with Gasteiger partial charge in [0.1, 0.15) is 0 Å². The van der Waals surface area contributed by atoms with Gasteiger partial charge in [0, 0.05) is 31.3 Å². The Morgan fingerprint density at radius 1 is 1.43 bits per heavy atom. The van der Waals surface area contributed by atoms with E-state index in [0.717, 1.165) is 12.5 Å². The molecule has 2 rings (SSSR count). The number of nitrogens with zero attached hydrogens (tertiary/aromatic N) is 2. The molecule has 0 saturated carbocycles. The molecule has 0 aromatic heterocycles. The van der Waals surface area contributed by atoms with Crippen molar-refractivity contribution in [3.05, 3.63) is 29.3 Å². The van der Waals surface area contributed by atoms with Crippen molar-refractivity contribution in [3.8, 4) is 6.07 Å². The third kappa shape index (κ3) is 3.67. The van der Waals surface area contributed by atoms with Crippen molar-refractivity contribution in [3.63, 3.8) is 0 Å². The number of rotatable bonds is 4. The van der Waals surface area contributed by atoms with Gasteiger partial charge in [-0.25, -0.2) is 0 Å². The minimum Gasteiger partial charge on any atom is -0.381 e. The molecule has 114 valence electrons. The number of ether oxygens (including phenoxy) is 1. The molecule has 1 saturated heterocycles. The molecule has 1 unspecified atom stereocenters. The standard InChI is InChI=1S/C15H17F3N2O/c1-2-21-10-11-5-6-20(9-11)13-4-3-12(8-19)14(7-13)15(16,17)18/h3-4,7,11H,2,5-6,9-10H2,1H3. The van der Waals surface area contributed by atoms with Gasteiger partial charge in [-0.1, -0.05) is 0 Å². The molecule has 1 fully saturated rings. The lowest BCUT2D eigenvalue weighted by atomic mass is 10.1. The average Bonchev–Trinajstić information content (AvgIpc) is 2.92. The van der Waals surface area contributed by atoms with Crippen LogP contribution in [0.4, 0.5) is 18.9 Å². The molecule has 1 aliphatic heterocycles. The number of alkyl halides is 3. The third-order valence-corrected chi connectivity index (χ3v) is 3.64. The molecule has 1 aromatic carbocycles. The van der Waals surface area contributed by atoms with Gasteiger partial charge >= 0.3 is 6.18 Å². The van der Waals surface area contributed by atoms with Gasteiger partial charge in [0.05, 0.1) is 23.8 Å². The number of nitriles is 1. The number of benzene rings is 1. The van der Waals surface area contributed by atoms with E-state index in [1.165, 1.54) is 6.07 Å². The van der Waals surface area contributed by atoms with Gasteiger partial charge in [-0.15, -0.1) is 0 Å². The molecule has 1 aliphatic rings. The number of hydrogen-bond donors (Lipinski definition) is 0. The summed E-state index contributed by atoms with van der Waals surface area (Å²) < 4.78 is 44.2. The fraction of sp³-hybridized carbons (Fsp3) is 0.533. The summed E-state index contributed by atoms with van der Waals surface area (Å²) in [4.78, 5) is 1.92. The molecule has 0 N–H and O–H groups in total. The van der Waals surface area contributed by atoms with Gasteiger partial charge in [0.25, 0.3) is 0 Å². The highest BCUT2D eigenvalue weighted by atomic mass is 19.4. The molecule has 0 bridgehead atoms. The lowest BCUT2D eigenvalue weighted by Crippen LogP contribution is -2.22. The largest absolute Gasteiger partial charge is 0.417 e. The quantitative estimate of drug-likeness (QED) is 0.854. The summed E-state index contributed by atoms with van der Waals surface area (Å²) in [5.41, 5.74) is -0.688. The van der Waals surface area contributed by atoms with Crippen molar-refractivity contribution in [2.75, 3.05) is 31.2 Å². The highest BCUT2D eigenvalue weighted by Gasteiger charge is 2.34. The van der Waals surface area contributed by atoms with Crippen LogP contribution in [-0.2, 0) is 10.9 Å². The lowest BCUT2D eigenvalue weighted by Gasteiger charge is -2.20. The zero-order valence-electron chi connectivity index (χ0n) is 11.8. The Morgan fingerprint density at radius 2 is 2.19 bits per heavy atom. The normalized spacial score (nSPS) is 18.8. The smallest absolute Gasteiger partial charge is 0.381 e. The van der Waals surface area contributed by atoms with E-state index in [1.807, 2.05) is 11.8 Å². The number of halogens is 3. The van der Waals surface area contributed by atoms with Crippen LogP contribution < -0.4 is 4.90 Å². The monoisotopic (exact) mass is 298 g/mol. The van der Waals surface area contributed by atoms with Crippen LogP contribution in [0.3, 0.4) is 0 Å². The van der Waals surface area contributed by atoms with E-state index in [1.54, 1.807) is 12.1 Å². The molecule has 0 aliphatic carbocycles. The van der Waals surface area contributed by atoms with Crippen LogP contribution in [0.5, 0.6) is 0 Å². The van der Waals surface area contributed by atoms with Crippen LogP contribution >= 0.6 is 0 Å². The van der Waals surface area contributed by atoms with Gasteiger partial charge in [0.15, 0.2) is 0 Å². The van der Waals surface area contributed by atoms with Crippen LogP contribution in [-0.4, -0.2) is 26.3 Å². The maximum Gasteiger partial charge on any atom is 0.417 e. The van der Waals surface area contributed by atoms with E-state index in [2.05, 4.69) is 0 Å². The van der Waals surface area contributed by atoms with Crippen molar-refractivity contribution < 1.29 is 17.9 Å². The molecular formula is C15H17F3N2O. The van der Waals surface area contributed by atoms with Crippen molar-refractivity contribution >= 4 is 5.69 Å². The zero-order chi connectivity index (χ0) is 15.5. The predicted molar refractivity (Wildman–Crippen MR) is 73.0 cm³/mol. The number of anilines is 1. The van der Waals surface area contributed by atoms with Crippen LogP contribution in [0.2, 0.25) is 0 Å². The van der Waals surface area contributed by atoms with Crippen molar-refractivity contribution in [2.24, 2.45) is 5.92 Å². The van der Waals surface area contributed by atoms with Gasteiger partial charge in [-0.3, -0.25) is 0 Å². The Hall–Kier alpha value is -1.74. The predicted octanol–water partition coefficient (Wildman–Crippen LogP) is 3.44. The first-order chi connectivity index (χ1) is 9.95. The molecule has 0 spiro atoms. The summed E-state index contributed by atoms with van der Waals surface area (Å²) in [6.45, 7) is 4.59. The summed E-state index contributed by atoms with van der Waals surface area (Å²) in [5, 5.41) is 8.80. The Balaban J connectivity index is 2.17. The van der Waals surface area contributed by atoms with Gasteiger partial charge in [-0.05, 0) is 31.5 Å². The first-order valence-electron chi connectivity index (χ1n) is 6.89. The number of hydrogen-bond acceptors (Lipinski definition) is 3. The topological polar surface area (TPSA) is 36.3 Å². The summed E-state index contributed by atoms with van der Waals surface area (Å²) in [6.07, 6.45) is -3.60. The maximum atomic E-state index is 13.0. The van der Waals surface area contributed by atoms with Gasteiger partial charge in [0.2, 0.25) is 0 Å². The van der Waals surface area contributed by atoms with Crippen LogP contribution in [0.15, 0.2) is 18.2 Å². The fourth-order valence-corrected chi connectivity index (χ4v) is 2.55. The molecule has 0 amide bonds. The fourth-order valence-electron chi connectivity index (χ4n) is 2.55. The van der Waals surface area contributed by atoms with E-state index < -0.39 is 11.7 Å². The van der Waals surface area contributed by atoms with E-state index in [-0.39, 0.29) is 5.56 Å². The minimum atomic E-state index is -4.51. The highest BCUT2D eigenvalue weighted by molar-refractivity contribution is 5.55. The van der Waals surface area contributed by atoms with Crippen LogP contribution in [0, 0.1) is 17.2 Å². The van der Waals surface area contributed by atoms with E-state index >= 15 is 0 Å². The Morgan fingerprint density at radius 3 is 2.81 bits per heavy atom. The molecule has 1 atom stereocenters. The molecule has 21 heavy (non-hydrogen) atoms. The first kappa shape index (κ1) is 15.6. The van der Waals surface area contributed by atoms with Gasteiger partial charge in [-0.2, -0.15) is 18.4 Å². The first-order valence-corrected chi connectivity index (χ1v) is 6.89. The maximum absolute atomic E-state index is 13.0. The van der Waals surface area contributed by atoms with Crippen molar-refractivity contribution in [1.82, 2.24) is 0 Å². The van der Waals surface area contributed by atoms with Crippen LogP contribution in [0.1, 0.15) is 24.5 Å². The Labute approximate surface area is 121 Å². The zero-order valence-corrected chi connectivity index (χ0v) is 11.8. The average molecular weight is 298 g/mol. The third-order valence-electron chi connectivity index (χ3n) is 3.64. The molecule has 0 radical (unpaired) electrons. The lowest BCUT2D eigenvalue weighted by molar-refractivity contribution is -0.137. The Bertz CT molecular complexity index is 537. The van der Waals surface area contributed by atoms with Crippen LogP contribution in [0.25, 0.3) is 0 Å². The Kier molecular flexibility index (Phi) is 4.73. The second-order valence-corrected chi connectivity index (χ2v) is 5.10. The van der Waals surface area contributed by atoms with E-state index in [4.69, 9.17) is 10.00 Å². The molecule has 6 heteroatoms.